The summed E-state index contributed by atoms with van der Waals surface area (Å²) in [6.45, 7) is 6.92. The number of unbranched alkanes of at least 4 members (excludes halogenated alkanes) is 3. The summed E-state index contributed by atoms with van der Waals surface area (Å²) in [6, 6.07) is 0. The summed E-state index contributed by atoms with van der Waals surface area (Å²) in [7, 11) is 0. The molecule has 0 aliphatic rings. The first kappa shape index (κ1) is 22.4. The molecule has 0 spiro atoms. The summed E-state index contributed by atoms with van der Waals surface area (Å²) in [5.41, 5.74) is 0. The van der Waals surface area contributed by atoms with Gasteiger partial charge in [-0.3, -0.25) is 14.4 Å². The van der Waals surface area contributed by atoms with E-state index in [2.05, 4.69) is 0 Å². The predicted octanol–water partition coefficient (Wildman–Crippen LogP) is 3.41. The van der Waals surface area contributed by atoms with Crippen molar-refractivity contribution in [1.29, 1.82) is 0 Å². The molecule has 0 saturated carbocycles. The van der Waals surface area contributed by atoms with Gasteiger partial charge in [-0.05, 0) is 19.3 Å². The van der Waals surface area contributed by atoms with Crippen LogP contribution in [0.15, 0.2) is 0 Å². The highest BCUT2D eigenvalue weighted by atomic mass is 16.5. The first-order chi connectivity index (χ1) is 11.5. The molecule has 6 heteroatoms. The molecule has 6 nitrogen and oxygen atoms in total. The van der Waals surface area contributed by atoms with Crippen molar-refractivity contribution in [2.75, 3.05) is 19.8 Å². The third-order valence-corrected chi connectivity index (χ3v) is 3.42. The number of hydrogen-bond acceptors (Lipinski definition) is 6. The average Bonchev–Trinajstić information content (AvgIpc) is 2.55. The summed E-state index contributed by atoms with van der Waals surface area (Å²) in [5, 5.41) is 0. The second-order valence-electron chi connectivity index (χ2n) is 5.77. The maximum Gasteiger partial charge on any atom is 0.310 e. The molecule has 140 valence electrons. The molecule has 0 aliphatic heterocycles. The van der Waals surface area contributed by atoms with Crippen LogP contribution >= 0.6 is 0 Å². The highest BCUT2D eigenvalue weighted by Crippen LogP contribution is 2.14. The third kappa shape index (κ3) is 11.9. The van der Waals surface area contributed by atoms with Crippen molar-refractivity contribution < 1.29 is 28.6 Å². The Morgan fingerprint density at radius 2 is 1.04 bits per heavy atom. The number of rotatable bonds is 14. The first-order valence-corrected chi connectivity index (χ1v) is 9.02. The Bertz CT molecular complexity index is 343. The summed E-state index contributed by atoms with van der Waals surface area (Å²) in [5.74, 6) is -2.35. The quantitative estimate of drug-likeness (QED) is 0.273. The Kier molecular flexibility index (Phi) is 14.0. The van der Waals surface area contributed by atoms with Gasteiger partial charge in [-0.1, -0.05) is 40.0 Å². The van der Waals surface area contributed by atoms with Crippen molar-refractivity contribution in [3.63, 3.8) is 0 Å². The normalized spacial score (nSPS) is 10.5. The van der Waals surface area contributed by atoms with Gasteiger partial charge in [-0.15, -0.1) is 0 Å². The molecule has 0 amide bonds. The molecule has 0 radical (unpaired) electrons. The van der Waals surface area contributed by atoms with E-state index in [1.54, 1.807) is 0 Å². The molecule has 0 rings (SSSR count). The zero-order chi connectivity index (χ0) is 18.2. The molecule has 0 aromatic rings. The Morgan fingerprint density at radius 3 is 1.42 bits per heavy atom. The van der Waals surface area contributed by atoms with E-state index in [1.165, 1.54) is 0 Å². The molecule has 0 atom stereocenters. The Labute approximate surface area is 145 Å². The third-order valence-electron chi connectivity index (χ3n) is 3.42. The van der Waals surface area contributed by atoms with Crippen LogP contribution in [-0.2, 0) is 28.6 Å². The molecular formula is C18H32O6. The SMILES string of the molecule is CCCCOC(=O)CC(CC(=O)OCCCC)C(=O)OCCCC. The van der Waals surface area contributed by atoms with Gasteiger partial charge in [0.15, 0.2) is 0 Å². The molecule has 0 bridgehead atoms. The van der Waals surface area contributed by atoms with Crippen LogP contribution in [0.4, 0.5) is 0 Å². The highest BCUT2D eigenvalue weighted by Gasteiger charge is 2.27. The fourth-order valence-electron chi connectivity index (χ4n) is 1.85. The van der Waals surface area contributed by atoms with Gasteiger partial charge in [-0.2, -0.15) is 0 Å². The topological polar surface area (TPSA) is 78.9 Å². The molecule has 24 heavy (non-hydrogen) atoms. The molecule has 0 aromatic carbocycles. The molecule has 0 aliphatic carbocycles. The lowest BCUT2D eigenvalue weighted by molar-refractivity contribution is -0.159. The largest absolute Gasteiger partial charge is 0.466 e. The molecule has 0 unspecified atom stereocenters. The Balaban J connectivity index is 4.49. The summed E-state index contributed by atoms with van der Waals surface area (Å²) in [4.78, 5) is 35.8. The summed E-state index contributed by atoms with van der Waals surface area (Å²) < 4.78 is 15.3. The van der Waals surface area contributed by atoms with Crippen LogP contribution in [-0.4, -0.2) is 37.7 Å². The lowest BCUT2D eigenvalue weighted by atomic mass is 10.0. The van der Waals surface area contributed by atoms with Gasteiger partial charge >= 0.3 is 17.9 Å². The van der Waals surface area contributed by atoms with E-state index in [0.29, 0.717) is 19.8 Å². The summed E-state index contributed by atoms with van der Waals surface area (Å²) >= 11 is 0. The van der Waals surface area contributed by atoms with Gasteiger partial charge in [0.05, 0.1) is 38.6 Å². The number of carbonyl (C=O) groups is 3. The minimum absolute atomic E-state index is 0.155. The first-order valence-electron chi connectivity index (χ1n) is 9.02. The van der Waals surface area contributed by atoms with E-state index < -0.39 is 23.8 Å². The van der Waals surface area contributed by atoms with Crippen LogP contribution < -0.4 is 0 Å². The smallest absolute Gasteiger partial charge is 0.310 e. The predicted molar refractivity (Wildman–Crippen MR) is 90.3 cm³/mol. The molecular weight excluding hydrogens is 312 g/mol. The zero-order valence-electron chi connectivity index (χ0n) is 15.3. The fourth-order valence-corrected chi connectivity index (χ4v) is 1.85. The van der Waals surface area contributed by atoms with E-state index in [0.717, 1.165) is 38.5 Å². The number of hydrogen-bond donors (Lipinski definition) is 0. The highest BCUT2D eigenvalue weighted by molar-refractivity contribution is 5.84. The molecule has 0 fully saturated rings. The standard InChI is InChI=1S/C18H32O6/c1-4-7-10-22-16(19)13-15(18(21)24-12-9-6-3)14-17(20)23-11-8-5-2/h15H,4-14H2,1-3H3. The van der Waals surface area contributed by atoms with Crippen LogP contribution in [0, 0.1) is 5.92 Å². The minimum atomic E-state index is -0.842. The molecule has 0 N–H and O–H groups in total. The van der Waals surface area contributed by atoms with Crippen LogP contribution in [0.3, 0.4) is 0 Å². The maximum atomic E-state index is 12.1. The van der Waals surface area contributed by atoms with Crippen molar-refractivity contribution in [2.45, 2.75) is 72.1 Å². The van der Waals surface area contributed by atoms with Crippen LogP contribution in [0.2, 0.25) is 0 Å². The van der Waals surface area contributed by atoms with Crippen LogP contribution in [0.5, 0.6) is 0 Å². The van der Waals surface area contributed by atoms with Crippen LogP contribution in [0.25, 0.3) is 0 Å². The van der Waals surface area contributed by atoms with E-state index in [-0.39, 0.29) is 12.8 Å². The lowest BCUT2D eigenvalue weighted by Gasteiger charge is -2.15. The van der Waals surface area contributed by atoms with Gasteiger partial charge in [0.1, 0.15) is 0 Å². The van der Waals surface area contributed by atoms with E-state index in [9.17, 15) is 14.4 Å². The second kappa shape index (κ2) is 15.0. The van der Waals surface area contributed by atoms with Crippen molar-refractivity contribution in [3.8, 4) is 0 Å². The maximum absolute atomic E-state index is 12.1. The minimum Gasteiger partial charge on any atom is -0.466 e. The van der Waals surface area contributed by atoms with E-state index in [1.807, 2.05) is 20.8 Å². The monoisotopic (exact) mass is 344 g/mol. The lowest BCUT2D eigenvalue weighted by Crippen LogP contribution is -2.26. The summed E-state index contributed by atoms with van der Waals surface area (Å²) in [6.07, 6.45) is 4.72. The fraction of sp³-hybridized carbons (Fsp3) is 0.833. The van der Waals surface area contributed by atoms with Gasteiger partial charge in [0, 0.05) is 0 Å². The van der Waals surface area contributed by atoms with Crippen molar-refractivity contribution in [3.05, 3.63) is 0 Å². The van der Waals surface area contributed by atoms with Gasteiger partial charge < -0.3 is 14.2 Å². The van der Waals surface area contributed by atoms with Gasteiger partial charge in [-0.25, -0.2) is 0 Å². The van der Waals surface area contributed by atoms with Crippen LogP contribution in [0.1, 0.15) is 72.1 Å². The van der Waals surface area contributed by atoms with Crippen molar-refractivity contribution >= 4 is 17.9 Å². The number of esters is 3. The molecule has 0 heterocycles. The molecule has 0 saturated heterocycles. The van der Waals surface area contributed by atoms with Gasteiger partial charge in [0.2, 0.25) is 0 Å². The second-order valence-corrected chi connectivity index (χ2v) is 5.77. The van der Waals surface area contributed by atoms with E-state index in [4.69, 9.17) is 14.2 Å². The molecule has 0 aromatic heterocycles. The van der Waals surface area contributed by atoms with E-state index >= 15 is 0 Å². The van der Waals surface area contributed by atoms with Crippen molar-refractivity contribution in [1.82, 2.24) is 0 Å². The number of ether oxygens (including phenoxy) is 3. The Hall–Kier alpha value is -1.59. The Morgan fingerprint density at radius 1 is 0.667 bits per heavy atom. The number of carbonyl (C=O) groups excluding carboxylic acids is 3. The zero-order valence-corrected chi connectivity index (χ0v) is 15.3. The average molecular weight is 344 g/mol. The van der Waals surface area contributed by atoms with Gasteiger partial charge in [0.25, 0.3) is 0 Å². The van der Waals surface area contributed by atoms with Crippen molar-refractivity contribution in [2.24, 2.45) is 5.92 Å².